The Morgan fingerprint density at radius 3 is 2.47 bits per heavy atom. The van der Waals surface area contributed by atoms with Gasteiger partial charge in [0.05, 0.1) is 13.4 Å². The second-order valence-electron chi connectivity index (χ2n) is 5.82. The lowest BCUT2D eigenvalue weighted by Gasteiger charge is -2.47. The molecule has 2 bridgehead atoms. The first-order chi connectivity index (χ1) is 9.36. The Morgan fingerprint density at radius 1 is 1.16 bits per heavy atom. The van der Waals surface area contributed by atoms with E-state index in [-0.39, 0.29) is 0 Å². The van der Waals surface area contributed by atoms with Gasteiger partial charge in [-0.1, -0.05) is 36.8 Å². The van der Waals surface area contributed by atoms with Gasteiger partial charge in [-0.3, -0.25) is 4.90 Å². The largest absolute Gasteiger partial charge is 0.504 e. The van der Waals surface area contributed by atoms with Gasteiger partial charge in [-0.2, -0.15) is 0 Å². The minimum atomic E-state index is 0.717. The lowest BCUT2D eigenvalue weighted by molar-refractivity contribution is 0.0520. The molecule has 2 atom stereocenters. The molecule has 3 rings (SSSR count). The van der Waals surface area contributed by atoms with Gasteiger partial charge >= 0.3 is 0 Å². The third-order valence-corrected chi connectivity index (χ3v) is 4.50. The number of benzene rings is 1. The van der Waals surface area contributed by atoms with Crippen LogP contribution in [0.5, 0.6) is 0 Å². The molecular weight excluding hydrogens is 234 g/mol. The van der Waals surface area contributed by atoms with Crippen LogP contribution in [0.2, 0.25) is 0 Å². The monoisotopic (exact) mass is 257 g/mol. The van der Waals surface area contributed by atoms with Crippen molar-refractivity contribution < 1.29 is 4.74 Å². The molecule has 0 radical (unpaired) electrons. The summed E-state index contributed by atoms with van der Waals surface area (Å²) >= 11 is 0. The summed E-state index contributed by atoms with van der Waals surface area (Å²) in [7, 11) is 1.76. The van der Waals surface area contributed by atoms with E-state index in [4.69, 9.17) is 4.74 Å². The first-order valence-electron chi connectivity index (χ1n) is 7.37. The molecule has 2 nitrogen and oxygen atoms in total. The van der Waals surface area contributed by atoms with Crippen molar-refractivity contribution in [2.24, 2.45) is 0 Å². The molecular formula is C17H23NO. The van der Waals surface area contributed by atoms with Crippen LogP contribution < -0.4 is 0 Å². The predicted octanol–water partition coefficient (Wildman–Crippen LogP) is 3.73. The highest BCUT2D eigenvalue weighted by Gasteiger charge is 2.35. The van der Waals surface area contributed by atoms with Crippen molar-refractivity contribution in [1.82, 2.24) is 4.90 Å². The van der Waals surface area contributed by atoms with Crippen molar-refractivity contribution >= 4 is 0 Å². The highest BCUT2D eigenvalue weighted by Crippen LogP contribution is 2.37. The number of hydrogen-bond acceptors (Lipinski definition) is 2. The van der Waals surface area contributed by atoms with Crippen molar-refractivity contribution in [3.8, 4) is 0 Å². The molecule has 19 heavy (non-hydrogen) atoms. The summed E-state index contributed by atoms with van der Waals surface area (Å²) in [5, 5.41) is 0. The summed E-state index contributed by atoms with van der Waals surface area (Å²) < 4.78 is 5.22. The van der Waals surface area contributed by atoms with Crippen LogP contribution in [0, 0.1) is 0 Å². The summed E-state index contributed by atoms with van der Waals surface area (Å²) in [5.41, 5.74) is 2.94. The van der Waals surface area contributed by atoms with E-state index in [1.807, 2.05) is 6.26 Å². The van der Waals surface area contributed by atoms with Crippen molar-refractivity contribution in [3.05, 3.63) is 47.7 Å². The molecule has 2 saturated heterocycles. The first kappa shape index (κ1) is 12.7. The Kier molecular flexibility index (Phi) is 3.88. The zero-order valence-electron chi connectivity index (χ0n) is 11.7. The third kappa shape index (κ3) is 2.84. The van der Waals surface area contributed by atoms with Crippen LogP contribution in [0.25, 0.3) is 0 Å². The zero-order valence-corrected chi connectivity index (χ0v) is 11.7. The van der Waals surface area contributed by atoms with Gasteiger partial charge in [0.15, 0.2) is 0 Å². The van der Waals surface area contributed by atoms with Crippen molar-refractivity contribution in [2.75, 3.05) is 7.11 Å². The molecule has 2 heteroatoms. The van der Waals surface area contributed by atoms with Gasteiger partial charge < -0.3 is 4.74 Å². The fraction of sp³-hybridized carbons (Fsp3) is 0.529. The third-order valence-electron chi connectivity index (χ3n) is 4.50. The minimum absolute atomic E-state index is 0.717. The van der Waals surface area contributed by atoms with Crippen LogP contribution in [-0.2, 0) is 11.3 Å². The molecule has 0 aromatic heterocycles. The molecule has 0 aliphatic carbocycles. The van der Waals surface area contributed by atoms with Gasteiger partial charge in [-0.15, -0.1) is 0 Å². The van der Waals surface area contributed by atoms with E-state index in [0.29, 0.717) is 12.1 Å². The topological polar surface area (TPSA) is 12.5 Å². The molecule has 0 N–H and O–H groups in total. The Morgan fingerprint density at radius 2 is 1.84 bits per heavy atom. The lowest BCUT2D eigenvalue weighted by Crippen LogP contribution is -2.49. The van der Waals surface area contributed by atoms with Crippen LogP contribution in [0.1, 0.15) is 37.7 Å². The second-order valence-corrected chi connectivity index (χ2v) is 5.82. The highest BCUT2D eigenvalue weighted by molar-refractivity contribution is 5.17. The summed E-state index contributed by atoms with van der Waals surface area (Å²) in [4.78, 5) is 2.73. The summed E-state index contributed by atoms with van der Waals surface area (Å²) in [6, 6.07) is 12.3. The lowest BCUT2D eigenvalue weighted by atomic mass is 9.82. The quantitative estimate of drug-likeness (QED) is 0.765. The zero-order chi connectivity index (χ0) is 13.1. The fourth-order valence-electron chi connectivity index (χ4n) is 3.66. The molecule has 2 heterocycles. The molecule has 0 saturated carbocycles. The molecule has 2 fully saturated rings. The van der Waals surface area contributed by atoms with Gasteiger partial charge in [-0.05, 0) is 36.8 Å². The number of piperidine rings is 2. The SMILES string of the molecule is COC=C1CC2CCCC(C1)N2Cc1ccccc1. The number of nitrogens with zero attached hydrogens (tertiary/aromatic N) is 1. The van der Waals surface area contributed by atoms with Gasteiger partial charge in [0.2, 0.25) is 0 Å². The van der Waals surface area contributed by atoms with E-state index in [1.54, 1.807) is 7.11 Å². The predicted molar refractivity (Wildman–Crippen MR) is 77.7 cm³/mol. The first-order valence-corrected chi connectivity index (χ1v) is 7.37. The van der Waals surface area contributed by atoms with Crippen LogP contribution in [0.4, 0.5) is 0 Å². The van der Waals surface area contributed by atoms with Gasteiger partial charge in [0, 0.05) is 18.6 Å². The Hall–Kier alpha value is -1.28. The van der Waals surface area contributed by atoms with Crippen LogP contribution in [0.3, 0.4) is 0 Å². The van der Waals surface area contributed by atoms with E-state index < -0.39 is 0 Å². The Bertz CT molecular complexity index is 424. The number of rotatable bonds is 3. The maximum atomic E-state index is 5.22. The smallest absolute Gasteiger partial charge is 0.0817 e. The van der Waals surface area contributed by atoms with Crippen LogP contribution >= 0.6 is 0 Å². The molecule has 1 aromatic carbocycles. The van der Waals surface area contributed by atoms with Gasteiger partial charge in [0.25, 0.3) is 0 Å². The molecule has 102 valence electrons. The number of hydrogen-bond donors (Lipinski definition) is 0. The molecule has 0 amide bonds. The maximum absolute atomic E-state index is 5.22. The molecule has 2 unspecified atom stereocenters. The van der Waals surface area contributed by atoms with E-state index in [0.717, 1.165) is 6.54 Å². The number of fused-ring (bicyclic) bond motifs is 2. The molecule has 2 aliphatic rings. The molecule has 2 aliphatic heterocycles. The standard InChI is InChI=1S/C17H23NO/c1-19-13-15-10-16-8-5-9-17(11-15)18(16)12-14-6-3-2-4-7-14/h2-4,6-7,13,16-17H,5,8-12H2,1H3. The van der Waals surface area contributed by atoms with E-state index in [9.17, 15) is 0 Å². The van der Waals surface area contributed by atoms with Gasteiger partial charge in [0.1, 0.15) is 0 Å². The molecule has 1 aromatic rings. The van der Waals surface area contributed by atoms with Gasteiger partial charge in [-0.25, -0.2) is 0 Å². The van der Waals surface area contributed by atoms with E-state index in [2.05, 4.69) is 35.2 Å². The fourth-order valence-corrected chi connectivity index (χ4v) is 3.66. The van der Waals surface area contributed by atoms with Crippen LogP contribution in [-0.4, -0.2) is 24.1 Å². The average molecular weight is 257 g/mol. The molecule has 0 spiro atoms. The van der Waals surface area contributed by atoms with Crippen LogP contribution in [0.15, 0.2) is 42.2 Å². The second kappa shape index (κ2) is 5.79. The van der Waals surface area contributed by atoms with Crippen molar-refractivity contribution in [1.29, 1.82) is 0 Å². The maximum Gasteiger partial charge on any atom is 0.0817 e. The van der Waals surface area contributed by atoms with Crippen molar-refractivity contribution in [3.63, 3.8) is 0 Å². The Balaban J connectivity index is 1.74. The number of ether oxygens (including phenoxy) is 1. The number of methoxy groups -OCH3 is 1. The van der Waals surface area contributed by atoms with E-state index >= 15 is 0 Å². The normalized spacial score (nSPS) is 27.1. The minimum Gasteiger partial charge on any atom is -0.504 e. The summed E-state index contributed by atoms with van der Waals surface area (Å²) in [5.74, 6) is 0. The average Bonchev–Trinajstić information content (AvgIpc) is 2.41. The summed E-state index contributed by atoms with van der Waals surface area (Å²) in [6.45, 7) is 1.11. The highest BCUT2D eigenvalue weighted by atomic mass is 16.5. The van der Waals surface area contributed by atoms with Crippen molar-refractivity contribution in [2.45, 2.75) is 50.7 Å². The Labute approximate surface area is 116 Å². The van der Waals surface area contributed by atoms with E-state index in [1.165, 1.54) is 43.2 Å². The summed E-state index contributed by atoms with van der Waals surface area (Å²) in [6.07, 6.45) is 8.43.